The Balaban J connectivity index is 1.76. The van der Waals surface area contributed by atoms with Gasteiger partial charge in [-0.3, -0.25) is 0 Å². The quantitative estimate of drug-likeness (QED) is 0.805. The highest BCUT2D eigenvalue weighted by atomic mass is 35.5. The smallest absolute Gasteiger partial charge is 0.0733 e. The van der Waals surface area contributed by atoms with Crippen molar-refractivity contribution >= 4 is 28.8 Å². The average Bonchev–Trinajstić information content (AvgIpc) is 3.00. The predicted octanol–water partition coefficient (Wildman–Crippen LogP) is 3.31. The molecule has 1 aromatic carbocycles. The second kappa shape index (κ2) is 5.34. The first-order valence-corrected chi connectivity index (χ1v) is 6.49. The molecule has 2 N–H and O–H groups in total. The minimum Gasteiger partial charge on any atom is -0.393 e. The van der Waals surface area contributed by atoms with Crippen LogP contribution in [-0.4, -0.2) is 11.6 Å². The second-order valence-corrected chi connectivity index (χ2v) is 5.72. The van der Waals surface area contributed by atoms with Gasteiger partial charge in [-0.05, 0) is 30.5 Å². The molecule has 1 aromatic rings. The molecule has 1 aliphatic rings. The molecule has 4 heteroatoms. The zero-order valence-electron chi connectivity index (χ0n) is 9.62. The fourth-order valence-corrected chi connectivity index (χ4v) is 2.32. The van der Waals surface area contributed by atoms with Crippen molar-refractivity contribution in [3.05, 3.63) is 34.9 Å². The maximum atomic E-state index is 5.82. The number of hydrogen-bond donors (Lipinski definition) is 1. The summed E-state index contributed by atoms with van der Waals surface area (Å²) in [5.41, 5.74) is 6.95. The lowest BCUT2D eigenvalue weighted by atomic mass is 10.0. The summed E-state index contributed by atoms with van der Waals surface area (Å²) in [5.74, 6) is 0. The van der Waals surface area contributed by atoms with Crippen molar-refractivity contribution in [3.8, 4) is 0 Å². The molecule has 0 atom stereocenters. The summed E-state index contributed by atoms with van der Waals surface area (Å²) in [6.07, 6.45) is 3.15. The third kappa shape index (κ3) is 3.95. The van der Waals surface area contributed by atoms with Gasteiger partial charge in [-0.2, -0.15) is 0 Å². The van der Waals surface area contributed by atoms with Gasteiger partial charge >= 0.3 is 0 Å². The minimum atomic E-state index is 0.234. The second-order valence-electron chi connectivity index (χ2n) is 4.76. The van der Waals surface area contributed by atoms with Gasteiger partial charge in [-0.1, -0.05) is 36.0 Å². The van der Waals surface area contributed by atoms with Crippen LogP contribution in [0, 0.1) is 5.41 Å². The Morgan fingerprint density at radius 2 is 2.00 bits per heavy atom. The molecule has 17 heavy (non-hydrogen) atoms. The van der Waals surface area contributed by atoms with E-state index in [9.17, 15) is 0 Å². The van der Waals surface area contributed by atoms with Crippen molar-refractivity contribution < 1.29 is 4.74 Å². The monoisotopic (exact) mass is 269 g/mol. The van der Waals surface area contributed by atoms with E-state index in [1.807, 2.05) is 24.3 Å². The van der Waals surface area contributed by atoms with E-state index in [4.69, 9.17) is 34.3 Å². The van der Waals surface area contributed by atoms with Gasteiger partial charge in [0.15, 0.2) is 0 Å². The molecule has 92 valence electrons. The van der Waals surface area contributed by atoms with Gasteiger partial charge in [0.05, 0.1) is 18.2 Å². The zero-order valence-corrected chi connectivity index (χ0v) is 11.2. The lowest BCUT2D eigenvalue weighted by Gasteiger charge is -2.14. The predicted molar refractivity (Wildman–Crippen MR) is 74.2 cm³/mol. The first kappa shape index (κ1) is 12.8. The molecule has 0 aliphatic heterocycles. The van der Waals surface area contributed by atoms with Crippen LogP contribution < -0.4 is 5.73 Å². The molecule has 0 bridgehead atoms. The third-order valence-corrected chi connectivity index (χ3v) is 3.49. The lowest BCUT2D eigenvalue weighted by Crippen LogP contribution is -2.19. The Morgan fingerprint density at radius 1 is 1.35 bits per heavy atom. The largest absolute Gasteiger partial charge is 0.393 e. The van der Waals surface area contributed by atoms with Crippen molar-refractivity contribution in [1.29, 1.82) is 0 Å². The van der Waals surface area contributed by atoms with Gasteiger partial charge in [-0.15, -0.1) is 0 Å². The number of nitrogens with two attached hydrogens (primary N) is 1. The molecule has 1 fully saturated rings. The number of thiocarbonyl (C=S) groups is 1. The molecule has 1 saturated carbocycles. The van der Waals surface area contributed by atoms with Gasteiger partial charge in [0.2, 0.25) is 0 Å². The molecule has 0 aromatic heterocycles. The van der Waals surface area contributed by atoms with Crippen molar-refractivity contribution in [2.75, 3.05) is 6.61 Å². The SMILES string of the molecule is NC(=S)CC1(COCc2ccc(Cl)cc2)CC1. The Hall–Kier alpha value is -0.640. The minimum absolute atomic E-state index is 0.234. The molecular weight excluding hydrogens is 254 g/mol. The summed E-state index contributed by atoms with van der Waals surface area (Å²) in [5, 5.41) is 0.751. The molecule has 0 heterocycles. The zero-order chi connectivity index (χ0) is 12.3. The first-order valence-electron chi connectivity index (χ1n) is 5.70. The van der Waals surface area contributed by atoms with E-state index >= 15 is 0 Å². The van der Waals surface area contributed by atoms with Crippen molar-refractivity contribution in [2.45, 2.75) is 25.9 Å². The van der Waals surface area contributed by atoms with Crippen molar-refractivity contribution in [1.82, 2.24) is 0 Å². The van der Waals surface area contributed by atoms with E-state index in [1.54, 1.807) is 0 Å². The maximum Gasteiger partial charge on any atom is 0.0733 e. The van der Waals surface area contributed by atoms with E-state index in [-0.39, 0.29) is 5.41 Å². The number of ether oxygens (including phenoxy) is 1. The normalized spacial score (nSPS) is 16.8. The molecule has 0 spiro atoms. The van der Waals surface area contributed by atoms with E-state index in [1.165, 1.54) is 12.8 Å². The fourth-order valence-electron chi connectivity index (χ4n) is 1.88. The summed E-state index contributed by atoms with van der Waals surface area (Å²) in [6.45, 7) is 1.36. The summed E-state index contributed by atoms with van der Waals surface area (Å²) >= 11 is 10.8. The molecule has 1 aliphatic carbocycles. The van der Waals surface area contributed by atoms with Crippen LogP contribution in [0.5, 0.6) is 0 Å². The molecule has 0 unspecified atom stereocenters. The van der Waals surface area contributed by atoms with Crippen LogP contribution in [0.25, 0.3) is 0 Å². The Labute approximate surface area is 112 Å². The van der Waals surface area contributed by atoms with Gasteiger partial charge in [0.1, 0.15) is 0 Å². The maximum absolute atomic E-state index is 5.82. The van der Waals surface area contributed by atoms with Crippen LogP contribution in [0.15, 0.2) is 24.3 Å². The summed E-state index contributed by atoms with van der Waals surface area (Å²) in [6, 6.07) is 7.72. The van der Waals surface area contributed by atoms with Crippen LogP contribution in [0.4, 0.5) is 0 Å². The van der Waals surface area contributed by atoms with E-state index in [2.05, 4.69) is 0 Å². The molecule has 2 nitrogen and oxygen atoms in total. The summed E-state index contributed by atoms with van der Waals surface area (Å²) < 4.78 is 5.73. The van der Waals surface area contributed by atoms with Crippen molar-refractivity contribution in [2.24, 2.45) is 11.1 Å². The molecule has 0 saturated heterocycles. The Morgan fingerprint density at radius 3 is 2.53 bits per heavy atom. The van der Waals surface area contributed by atoms with Gasteiger partial charge < -0.3 is 10.5 Å². The van der Waals surface area contributed by atoms with Crippen LogP contribution in [0.3, 0.4) is 0 Å². The molecule has 0 amide bonds. The third-order valence-electron chi connectivity index (χ3n) is 3.10. The topological polar surface area (TPSA) is 35.2 Å². The van der Waals surface area contributed by atoms with Crippen LogP contribution in [0.2, 0.25) is 5.02 Å². The number of halogens is 1. The van der Waals surface area contributed by atoms with E-state index in [0.717, 1.165) is 23.6 Å². The van der Waals surface area contributed by atoms with Gasteiger partial charge in [0, 0.05) is 16.9 Å². The fraction of sp³-hybridized carbons (Fsp3) is 0.462. The molecule has 2 rings (SSSR count). The van der Waals surface area contributed by atoms with Crippen molar-refractivity contribution in [3.63, 3.8) is 0 Å². The van der Waals surface area contributed by atoms with Crippen LogP contribution in [-0.2, 0) is 11.3 Å². The number of benzene rings is 1. The van der Waals surface area contributed by atoms with Gasteiger partial charge in [-0.25, -0.2) is 0 Å². The molecule has 0 radical (unpaired) electrons. The molecular formula is C13H16ClNOS. The summed E-state index contributed by atoms with van der Waals surface area (Å²) in [4.78, 5) is 0.595. The average molecular weight is 270 g/mol. The Bertz CT molecular complexity index is 400. The summed E-state index contributed by atoms with van der Waals surface area (Å²) in [7, 11) is 0. The number of hydrogen-bond acceptors (Lipinski definition) is 2. The number of rotatable bonds is 6. The highest BCUT2D eigenvalue weighted by molar-refractivity contribution is 7.80. The lowest BCUT2D eigenvalue weighted by molar-refractivity contribution is 0.0804. The van der Waals surface area contributed by atoms with Crippen LogP contribution >= 0.6 is 23.8 Å². The Kier molecular flexibility index (Phi) is 4.02. The van der Waals surface area contributed by atoms with Gasteiger partial charge in [0.25, 0.3) is 0 Å². The highest BCUT2D eigenvalue weighted by Gasteiger charge is 2.43. The van der Waals surface area contributed by atoms with E-state index < -0.39 is 0 Å². The van der Waals surface area contributed by atoms with Crippen LogP contribution in [0.1, 0.15) is 24.8 Å². The first-order chi connectivity index (χ1) is 8.10. The van der Waals surface area contributed by atoms with E-state index in [0.29, 0.717) is 11.6 Å². The highest BCUT2D eigenvalue weighted by Crippen LogP contribution is 2.49. The standard InChI is InChI=1S/C13H16ClNOS/c14-11-3-1-10(2-4-11)8-16-9-13(5-6-13)7-12(15)17/h1-4H,5-9H2,(H2,15,17).